The summed E-state index contributed by atoms with van der Waals surface area (Å²) >= 11 is 0. The monoisotopic (exact) mass is 285 g/mol. The van der Waals surface area contributed by atoms with E-state index in [-0.39, 0.29) is 12.0 Å². The third-order valence-corrected chi connectivity index (χ3v) is 2.61. The fraction of sp³-hybridized carbons (Fsp3) is 0.333. The molecular weight excluding hydrogens is 267 g/mol. The number of alkyl halides is 3. The van der Waals surface area contributed by atoms with Crippen molar-refractivity contribution in [3.05, 3.63) is 54.3 Å². The van der Waals surface area contributed by atoms with Gasteiger partial charge in [0.15, 0.2) is 0 Å². The van der Waals surface area contributed by atoms with Crippen molar-refractivity contribution in [2.45, 2.75) is 26.1 Å². The van der Waals surface area contributed by atoms with Crippen molar-refractivity contribution in [3.63, 3.8) is 0 Å². The maximum Gasteiger partial charge on any atom is 0.416 e. The SMILES string of the molecule is C=C(N)/C=C\C(Oc1ccc(C(F)(F)F)cc1)C(C)C. The van der Waals surface area contributed by atoms with Crippen LogP contribution in [0.3, 0.4) is 0 Å². The summed E-state index contributed by atoms with van der Waals surface area (Å²) in [5.74, 6) is 0.525. The third kappa shape index (κ3) is 4.99. The number of halogens is 3. The van der Waals surface area contributed by atoms with E-state index in [1.807, 2.05) is 13.8 Å². The molecule has 0 heterocycles. The highest BCUT2D eigenvalue weighted by molar-refractivity contribution is 5.29. The molecule has 0 bridgehead atoms. The highest BCUT2D eigenvalue weighted by atomic mass is 19.4. The van der Waals surface area contributed by atoms with Crippen LogP contribution < -0.4 is 10.5 Å². The van der Waals surface area contributed by atoms with Crippen LogP contribution in [0.4, 0.5) is 13.2 Å². The highest BCUT2D eigenvalue weighted by Crippen LogP contribution is 2.30. The molecule has 0 aliphatic heterocycles. The maximum atomic E-state index is 12.4. The van der Waals surface area contributed by atoms with Crippen molar-refractivity contribution < 1.29 is 17.9 Å². The maximum absolute atomic E-state index is 12.4. The molecule has 2 nitrogen and oxygen atoms in total. The van der Waals surface area contributed by atoms with Crippen molar-refractivity contribution in [3.8, 4) is 5.75 Å². The predicted octanol–water partition coefficient (Wildman–Crippen LogP) is 4.14. The zero-order valence-corrected chi connectivity index (χ0v) is 11.4. The van der Waals surface area contributed by atoms with Gasteiger partial charge < -0.3 is 10.5 Å². The quantitative estimate of drug-likeness (QED) is 0.825. The smallest absolute Gasteiger partial charge is 0.416 e. The summed E-state index contributed by atoms with van der Waals surface area (Å²) in [4.78, 5) is 0. The lowest BCUT2D eigenvalue weighted by molar-refractivity contribution is -0.137. The Labute approximate surface area is 116 Å². The van der Waals surface area contributed by atoms with Crippen LogP contribution >= 0.6 is 0 Å². The number of benzene rings is 1. The summed E-state index contributed by atoms with van der Waals surface area (Å²) in [6.07, 6.45) is -1.26. The van der Waals surface area contributed by atoms with Gasteiger partial charge in [-0.15, -0.1) is 0 Å². The fourth-order valence-corrected chi connectivity index (χ4v) is 1.50. The molecule has 0 spiro atoms. The van der Waals surface area contributed by atoms with E-state index in [2.05, 4.69) is 6.58 Å². The molecule has 1 atom stereocenters. The highest BCUT2D eigenvalue weighted by Gasteiger charge is 2.30. The van der Waals surface area contributed by atoms with E-state index in [0.29, 0.717) is 11.4 Å². The zero-order chi connectivity index (χ0) is 15.3. The predicted molar refractivity (Wildman–Crippen MR) is 73.2 cm³/mol. The van der Waals surface area contributed by atoms with Crippen LogP contribution in [-0.2, 0) is 6.18 Å². The van der Waals surface area contributed by atoms with Crippen molar-refractivity contribution in [1.29, 1.82) is 0 Å². The van der Waals surface area contributed by atoms with Crippen LogP contribution in [0.1, 0.15) is 19.4 Å². The lowest BCUT2D eigenvalue weighted by atomic mass is 10.1. The third-order valence-electron chi connectivity index (χ3n) is 2.61. The summed E-state index contributed by atoms with van der Waals surface area (Å²) in [6.45, 7) is 7.43. The largest absolute Gasteiger partial charge is 0.486 e. The summed E-state index contributed by atoms with van der Waals surface area (Å²) in [6, 6.07) is 4.61. The van der Waals surface area contributed by atoms with Crippen LogP contribution in [0, 0.1) is 5.92 Å². The topological polar surface area (TPSA) is 35.2 Å². The van der Waals surface area contributed by atoms with Crippen LogP contribution in [0.15, 0.2) is 48.7 Å². The summed E-state index contributed by atoms with van der Waals surface area (Å²) in [5.41, 5.74) is 5.14. The molecule has 0 amide bonds. The lowest BCUT2D eigenvalue weighted by Gasteiger charge is -2.19. The van der Waals surface area contributed by atoms with Crippen LogP contribution in [0.2, 0.25) is 0 Å². The Morgan fingerprint density at radius 1 is 1.25 bits per heavy atom. The van der Waals surface area contributed by atoms with Gasteiger partial charge in [0.25, 0.3) is 0 Å². The van der Waals surface area contributed by atoms with Gasteiger partial charge in [0.2, 0.25) is 0 Å². The second-order valence-corrected chi connectivity index (χ2v) is 4.78. The van der Waals surface area contributed by atoms with E-state index >= 15 is 0 Å². The van der Waals surface area contributed by atoms with E-state index in [9.17, 15) is 13.2 Å². The van der Waals surface area contributed by atoms with Crippen molar-refractivity contribution in [2.24, 2.45) is 11.7 Å². The van der Waals surface area contributed by atoms with Crippen molar-refractivity contribution >= 4 is 0 Å². The second-order valence-electron chi connectivity index (χ2n) is 4.78. The van der Waals surface area contributed by atoms with Gasteiger partial charge in [-0.2, -0.15) is 13.2 Å². The molecule has 1 aromatic rings. The molecule has 110 valence electrons. The Hall–Kier alpha value is -1.91. The number of rotatable bonds is 5. The number of allylic oxidation sites excluding steroid dienone is 1. The van der Waals surface area contributed by atoms with Crippen LogP contribution in [0.5, 0.6) is 5.75 Å². The number of hydrogen-bond donors (Lipinski definition) is 1. The first-order valence-corrected chi connectivity index (χ1v) is 6.16. The average molecular weight is 285 g/mol. The number of nitrogens with two attached hydrogens (primary N) is 1. The Bertz CT molecular complexity index is 475. The van der Waals surface area contributed by atoms with E-state index in [4.69, 9.17) is 10.5 Å². The van der Waals surface area contributed by atoms with Gasteiger partial charge in [-0.1, -0.05) is 20.4 Å². The molecule has 0 aliphatic rings. The van der Waals surface area contributed by atoms with Crippen LogP contribution in [0.25, 0.3) is 0 Å². The van der Waals surface area contributed by atoms with Crippen molar-refractivity contribution in [1.82, 2.24) is 0 Å². The van der Waals surface area contributed by atoms with Gasteiger partial charge in [0.05, 0.1) is 5.56 Å². The van der Waals surface area contributed by atoms with E-state index in [0.717, 1.165) is 12.1 Å². The minimum atomic E-state index is -4.34. The average Bonchev–Trinajstić information content (AvgIpc) is 2.33. The first-order chi connectivity index (χ1) is 9.20. The first-order valence-electron chi connectivity index (χ1n) is 6.16. The van der Waals surface area contributed by atoms with Gasteiger partial charge in [-0.05, 0) is 42.3 Å². The molecule has 20 heavy (non-hydrogen) atoms. The molecule has 0 saturated carbocycles. The Morgan fingerprint density at radius 2 is 1.80 bits per heavy atom. The second kappa shape index (κ2) is 6.50. The molecule has 0 saturated heterocycles. The number of hydrogen-bond acceptors (Lipinski definition) is 2. The van der Waals surface area contributed by atoms with Gasteiger partial charge in [-0.3, -0.25) is 0 Å². The summed E-state index contributed by atoms with van der Waals surface area (Å²) in [7, 11) is 0. The molecular formula is C15H18F3NO. The first kappa shape index (κ1) is 16.1. The molecule has 0 aliphatic carbocycles. The molecule has 1 rings (SSSR count). The molecule has 0 radical (unpaired) electrons. The Kier molecular flexibility index (Phi) is 5.25. The van der Waals surface area contributed by atoms with E-state index in [1.165, 1.54) is 12.1 Å². The fourth-order valence-electron chi connectivity index (χ4n) is 1.50. The molecule has 0 fully saturated rings. The van der Waals surface area contributed by atoms with Gasteiger partial charge in [0, 0.05) is 5.70 Å². The van der Waals surface area contributed by atoms with E-state index in [1.54, 1.807) is 12.2 Å². The molecule has 1 aromatic carbocycles. The van der Waals surface area contributed by atoms with Crippen LogP contribution in [-0.4, -0.2) is 6.10 Å². The Morgan fingerprint density at radius 3 is 2.20 bits per heavy atom. The zero-order valence-electron chi connectivity index (χ0n) is 11.4. The van der Waals surface area contributed by atoms with Gasteiger partial charge in [-0.25, -0.2) is 0 Å². The van der Waals surface area contributed by atoms with Crippen molar-refractivity contribution in [2.75, 3.05) is 0 Å². The molecule has 2 N–H and O–H groups in total. The van der Waals surface area contributed by atoms with Gasteiger partial charge in [0.1, 0.15) is 11.9 Å². The normalized spacial score (nSPS) is 13.7. The Balaban J connectivity index is 2.82. The number of ether oxygens (including phenoxy) is 1. The standard InChI is InChI=1S/C15H18F3NO/c1-10(2)14(9-4-11(3)19)20-13-7-5-12(6-8-13)15(16,17)18/h4-10,14H,3,19H2,1-2H3/b9-4-. The minimum absolute atomic E-state index is 0.146. The summed E-state index contributed by atoms with van der Waals surface area (Å²) < 4.78 is 43.0. The molecule has 1 unspecified atom stereocenters. The van der Waals surface area contributed by atoms with Gasteiger partial charge >= 0.3 is 6.18 Å². The molecule has 0 aromatic heterocycles. The van der Waals surface area contributed by atoms with E-state index < -0.39 is 11.7 Å². The minimum Gasteiger partial charge on any atom is -0.486 e. The lowest BCUT2D eigenvalue weighted by Crippen LogP contribution is -2.20. The summed E-state index contributed by atoms with van der Waals surface area (Å²) in [5, 5.41) is 0. The molecule has 5 heteroatoms.